The van der Waals surface area contributed by atoms with Crippen LogP contribution in [0.1, 0.15) is 0 Å². The summed E-state index contributed by atoms with van der Waals surface area (Å²) in [4.78, 5) is 11.8. The molecule has 1 aromatic carbocycles. The SMILES string of the molecule is O=c1n(-c2ccc(Cl)cc2)cnn1CCO. The molecule has 2 aromatic rings. The monoisotopic (exact) mass is 239 g/mol. The second-order valence-electron chi connectivity index (χ2n) is 3.21. The van der Waals surface area contributed by atoms with Crippen molar-refractivity contribution in [3.8, 4) is 5.69 Å². The van der Waals surface area contributed by atoms with E-state index in [0.29, 0.717) is 10.7 Å². The van der Waals surface area contributed by atoms with Crippen LogP contribution in [0, 0.1) is 0 Å². The van der Waals surface area contributed by atoms with Gasteiger partial charge < -0.3 is 5.11 Å². The van der Waals surface area contributed by atoms with Crippen LogP contribution >= 0.6 is 11.6 Å². The number of rotatable bonds is 3. The van der Waals surface area contributed by atoms with Crippen LogP contribution in [0.25, 0.3) is 5.69 Å². The summed E-state index contributed by atoms with van der Waals surface area (Å²) in [6.07, 6.45) is 1.42. The van der Waals surface area contributed by atoms with E-state index in [9.17, 15) is 4.79 Å². The van der Waals surface area contributed by atoms with Gasteiger partial charge in [0.15, 0.2) is 0 Å². The number of aliphatic hydroxyl groups excluding tert-OH is 1. The summed E-state index contributed by atoms with van der Waals surface area (Å²) in [5.74, 6) is 0. The summed E-state index contributed by atoms with van der Waals surface area (Å²) < 4.78 is 2.60. The molecule has 0 bridgehead atoms. The first-order valence-electron chi connectivity index (χ1n) is 4.73. The first-order valence-corrected chi connectivity index (χ1v) is 5.11. The molecule has 1 N–H and O–H groups in total. The number of nitrogens with zero attached hydrogens (tertiary/aromatic N) is 3. The van der Waals surface area contributed by atoms with Gasteiger partial charge in [0.05, 0.1) is 18.8 Å². The molecule has 1 heterocycles. The number of aromatic nitrogens is 3. The van der Waals surface area contributed by atoms with Crippen molar-refractivity contribution < 1.29 is 5.11 Å². The topological polar surface area (TPSA) is 60.0 Å². The number of halogens is 1. The van der Waals surface area contributed by atoms with Crippen molar-refractivity contribution >= 4 is 11.6 Å². The Hall–Kier alpha value is -1.59. The zero-order valence-corrected chi connectivity index (χ0v) is 9.13. The van der Waals surface area contributed by atoms with Crippen LogP contribution in [0.3, 0.4) is 0 Å². The van der Waals surface area contributed by atoms with Crippen LogP contribution < -0.4 is 5.69 Å². The molecule has 0 radical (unpaired) electrons. The molecule has 16 heavy (non-hydrogen) atoms. The Balaban J connectivity index is 2.41. The summed E-state index contributed by atoms with van der Waals surface area (Å²) in [5, 5.41) is 13.2. The molecule has 0 unspecified atom stereocenters. The summed E-state index contributed by atoms with van der Waals surface area (Å²) in [6.45, 7) is 0.0803. The lowest BCUT2D eigenvalue weighted by molar-refractivity contribution is 0.267. The van der Waals surface area contributed by atoms with Gasteiger partial charge in [0.2, 0.25) is 0 Å². The van der Waals surface area contributed by atoms with E-state index in [1.807, 2.05) is 0 Å². The van der Waals surface area contributed by atoms with Crippen LogP contribution in [0.2, 0.25) is 5.02 Å². The van der Waals surface area contributed by atoms with Gasteiger partial charge in [-0.05, 0) is 24.3 Å². The highest BCUT2D eigenvalue weighted by atomic mass is 35.5. The van der Waals surface area contributed by atoms with Crippen LogP contribution in [0.4, 0.5) is 0 Å². The molecular formula is C10H10ClN3O2. The van der Waals surface area contributed by atoms with Crippen LogP contribution in [0.15, 0.2) is 35.4 Å². The van der Waals surface area contributed by atoms with Gasteiger partial charge in [-0.25, -0.2) is 14.0 Å². The van der Waals surface area contributed by atoms with Crippen molar-refractivity contribution in [2.24, 2.45) is 0 Å². The molecule has 84 valence electrons. The molecule has 0 saturated heterocycles. The molecule has 0 amide bonds. The molecule has 0 aliphatic heterocycles. The first-order chi connectivity index (χ1) is 7.72. The fourth-order valence-electron chi connectivity index (χ4n) is 1.36. The van der Waals surface area contributed by atoms with Gasteiger partial charge in [-0.1, -0.05) is 11.6 Å². The largest absolute Gasteiger partial charge is 0.394 e. The van der Waals surface area contributed by atoms with Gasteiger partial charge >= 0.3 is 5.69 Å². The summed E-state index contributed by atoms with van der Waals surface area (Å²) in [5.41, 5.74) is 0.412. The lowest BCUT2D eigenvalue weighted by Crippen LogP contribution is -2.25. The Labute approximate surface area is 96.5 Å². The van der Waals surface area contributed by atoms with Gasteiger partial charge in [-0.15, -0.1) is 0 Å². The van der Waals surface area contributed by atoms with Crippen molar-refractivity contribution in [3.63, 3.8) is 0 Å². The van der Waals surface area contributed by atoms with Gasteiger partial charge in [0.25, 0.3) is 0 Å². The minimum Gasteiger partial charge on any atom is -0.394 e. The molecule has 0 aliphatic rings. The van der Waals surface area contributed by atoms with Crippen molar-refractivity contribution in [2.45, 2.75) is 6.54 Å². The molecule has 2 rings (SSSR count). The predicted octanol–water partition coefficient (Wildman–Crippen LogP) is 0.680. The zero-order valence-electron chi connectivity index (χ0n) is 8.38. The fourth-order valence-corrected chi connectivity index (χ4v) is 1.49. The number of hydrogen-bond donors (Lipinski definition) is 1. The van der Waals surface area contributed by atoms with Gasteiger partial charge in [0.1, 0.15) is 6.33 Å². The Morgan fingerprint density at radius 3 is 2.62 bits per heavy atom. The molecular weight excluding hydrogens is 230 g/mol. The molecule has 1 aromatic heterocycles. The molecule has 6 heteroatoms. The standard InChI is InChI=1S/C10H10ClN3O2/c11-8-1-3-9(4-2-8)13-7-12-14(5-6-15)10(13)16/h1-4,7,15H,5-6H2. The number of aliphatic hydroxyl groups is 1. The molecule has 5 nitrogen and oxygen atoms in total. The normalized spacial score (nSPS) is 10.6. The second-order valence-corrected chi connectivity index (χ2v) is 3.64. The molecule has 0 spiro atoms. The number of hydrogen-bond acceptors (Lipinski definition) is 3. The second kappa shape index (κ2) is 4.51. The van der Waals surface area contributed by atoms with Crippen molar-refractivity contribution in [3.05, 3.63) is 46.1 Å². The van der Waals surface area contributed by atoms with Gasteiger partial charge in [-0.2, -0.15) is 5.10 Å². The fraction of sp³-hybridized carbons (Fsp3) is 0.200. The Morgan fingerprint density at radius 1 is 1.31 bits per heavy atom. The van der Waals surface area contributed by atoms with Crippen LogP contribution in [-0.4, -0.2) is 26.1 Å². The third kappa shape index (κ3) is 2.00. The molecule has 0 fully saturated rings. The molecule has 0 saturated carbocycles. The highest BCUT2D eigenvalue weighted by Crippen LogP contribution is 2.11. The lowest BCUT2D eigenvalue weighted by atomic mass is 10.3. The van der Waals surface area contributed by atoms with Gasteiger partial charge in [0, 0.05) is 5.02 Å². The minimum absolute atomic E-state index is 0.114. The lowest BCUT2D eigenvalue weighted by Gasteiger charge is -1.99. The first kappa shape index (κ1) is 10.9. The maximum absolute atomic E-state index is 11.8. The van der Waals surface area contributed by atoms with Crippen LogP contribution in [0.5, 0.6) is 0 Å². The average Bonchev–Trinajstić information content (AvgIpc) is 2.63. The van der Waals surface area contributed by atoms with Crippen molar-refractivity contribution in [1.82, 2.24) is 14.3 Å². The van der Waals surface area contributed by atoms with Crippen LogP contribution in [-0.2, 0) is 6.54 Å². The van der Waals surface area contributed by atoms with E-state index in [0.717, 1.165) is 0 Å². The van der Waals surface area contributed by atoms with Crippen molar-refractivity contribution in [1.29, 1.82) is 0 Å². The van der Waals surface area contributed by atoms with E-state index in [-0.39, 0.29) is 18.8 Å². The summed E-state index contributed by atoms with van der Waals surface area (Å²) in [6, 6.07) is 6.86. The van der Waals surface area contributed by atoms with E-state index in [4.69, 9.17) is 16.7 Å². The third-order valence-electron chi connectivity index (χ3n) is 2.15. The maximum atomic E-state index is 11.8. The maximum Gasteiger partial charge on any atom is 0.350 e. The predicted molar refractivity (Wildman–Crippen MR) is 59.9 cm³/mol. The quantitative estimate of drug-likeness (QED) is 0.857. The van der Waals surface area contributed by atoms with E-state index in [1.165, 1.54) is 15.6 Å². The summed E-state index contributed by atoms with van der Waals surface area (Å²) >= 11 is 5.75. The average molecular weight is 240 g/mol. The van der Waals surface area contributed by atoms with E-state index in [1.54, 1.807) is 24.3 Å². The zero-order chi connectivity index (χ0) is 11.5. The number of benzene rings is 1. The van der Waals surface area contributed by atoms with E-state index >= 15 is 0 Å². The molecule has 0 aliphatic carbocycles. The Bertz CT molecular complexity index is 530. The highest BCUT2D eigenvalue weighted by Gasteiger charge is 2.05. The Morgan fingerprint density at radius 2 is 2.00 bits per heavy atom. The highest BCUT2D eigenvalue weighted by molar-refractivity contribution is 6.30. The van der Waals surface area contributed by atoms with E-state index < -0.39 is 0 Å². The minimum atomic E-state index is -0.281. The van der Waals surface area contributed by atoms with E-state index in [2.05, 4.69) is 5.10 Å². The van der Waals surface area contributed by atoms with Gasteiger partial charge in [-0.3, -0.25) is 0 Å². The Kier molecular flexibility index (Phi) is 3.07. The smallest absolute Gasteiger partial charge is 0.350 e. The third-order valence-corrected chi connectivity index (χ3v) is 2.40. The van der Waals surface area contributed by atoms with Crippen molar-refractivity contribution in [2.75, 3.05) is 6.61 Å². The molecule has 0 atom stereocenters. The summed E-state index contributed by atoms with van der Waals surface area (Å²) in [7, 11) is 0.